The van der Waals surface area contributed by atoms with Gasteiger partial charge in [0.1, 0.15) is 0 Å². The number of ether oxygens (including phenoxy) is 1. The van der Waals surface area contributed by atoms with Crippen LogP contribution in [0.25, 0.3) is 0 Å². The number of hydrogen-bond donors (Lipinski definition) is 0. The van der Waals surface area contributed by atoms with E-state index in [-0.39, 0.29) is 5.91 Å². The number of amides is 1. The Hall–Kier alpha value is -1.88. The molecule has 0 aliphatic carbocycles. The maximum absolute atomic E-state index is 12.2. The molecular weight excluding hydrogens is 230 g/mol. The standard InChI is InChI=1S/C13H15N3O2/c1-15-11-5-3-2-4-10(11)12(13(15)17)14-16-6-8-18-9-7-16/h2-5H,6-9H2,1H3. The maximum Gasteiger partial charge on any atom is 0.279 e. The van der Waals surface area contributed by atoms with Gasteiger partial charge in [-0.3, -0.25) is 9.80 Å². The minimum atomic E-state index is -0.0392. The SMILES string of the molecule is CN1C(=O)C(=NN2CCOCC2)c2ccccc21. The molecule has 5 nitrogen and oxygen atoms in total. The summed E-state index contributed by atoms with van der Waals surface area (Å²) in [4.78, 5) is 13.8. The summed E-state index contributed by atoms with van der Waals surface area (Å²) in [7, 11) is 1.78. The monoisotopic (exact) mass is 245 g/mol. The van der Waals surface area contributed by atoms with Crippen LogP contribution in [0.5, 0.6) is 0 Å². The number of hydrogen-bond acceptors (Lipinski definition) is 4. The lowest BCUT2D eigenvalue weighted by Gasteiger charge is -2.24. The first-order valence-electron chi connectivity index (χ1n) is 6.06. The molecule has 2 aliphatic heterocycles. The normalized spacial score (nSPS) is 21.6. The van der Waals surface area contributed by atoms with E-state index in [0.29, 0.717) is 18.9 Å². The van der Waals surface area contributed by atoms with Crippen LogP contribution in [0.2, 0.25) is 0 Å². The molecule has 3 rings (SSSR count). The fourth-order valence-electron chi connectivity index (χ4n) is 2.24. The first kappa shape index (κ1) is 11.2. The molecule has 0 radical (unpaired) electrons. The highest BCUT2D eigenvalue weighted by Crippen LogP contribution is 2.27. The van der Waals surface area contributed by atoms with Gasteiger partial charge in [0.15, 0.2) is 5.71 Å². The molecule has 5 heteroatoms. The molecule has 0 saturated carbocycles. The van der Waals surface area contributed by atoms with Crippen LogP contribution < -0.4 is 4.90 Å². The second-order valence-electron chi connectivity index (χ2n) is 4.40. The molecule has 0 unspecified atom stereocenters. The summed E-state index contributed by atoms with van der Waals surface area (Å²) in [6.45, 7) is 2.82. The van der Waals surface area contributed by atoms with E-state index < -0.39 is 0 Å². The van der Waals surface area contributed by atoms with Crippen LogP contribution in [0.4, 0.5) is 5.69 Å². The van der Waals surface area contributed by atoms with E-state index in [0.717, 1.165) is 24.3 Å². The lowest BCUT2D eigenvalue weighted by atomic mass is 10.1. The van der Waals surface area contributed by atoms with Gasteiger partial charge in [-0.05, 0) is 6.07 Å². The third kappa shape index (κ3) is 1.76. The Morgan fingerprint density at radius 3 is 2.72 bits per heavy atom. The number of rotatable bonds is 1. The number of hydrazone groups is 1. The van der Waals surface area contributed by atoms with Gasteiger partial charge >= 0.3 is 0 Å². The van der Waals surface area contributed by atoms with Crippen molar-refractivity contribution >= 4 is 17.3 Å². The van der Waals surface area contributed by atoms with Crippen molar-refractivity contribution < 1.29 is 9.53 Å². The second kappa shape index (κ2) is 4.42. The van der Waals surface area contributed by atoms with Crippen molar-refractivity contribution in [2.75, 3.05) is 38.3 Å². The number of nitrogens with zero attached hydrogens (tertiary/aromatic N) is 3. The third-order valence-electron chi connectivity index (χ3n) is 3.26. The Morgan fingerprint density at radius 2 is 1.94 bits per heavy atom. The van der Waals surface area contributed by atoms with Crippen molar-refractivity contribution in [1.29, 1.82) is 0 Å². The minimum absolute atomic E-state index is 0.0392. The van der Waals surface area contributed by atoms with Gasteiger partial charge in [-0.2, -0.15) is 5.10 Å². The molecule has 0 bridgehead atoms. The zero-order valence-electron chi connectivity index (χ0n) is 10.3. The highest BCUT2D eigenvalue weighted by atomic mass is 16.5. The van der Waals surface area contributed by atoms with Gasteiger partial charge < -0.3 is 9.64 Å². The third-order valence-corrected chi connectivity index (χ3v) is 3.26. The number of morpholine rings is 1. The Balaban J connectivity index is 1.96. The topological polar surface area (TPSA) is 45.1 Å². The van der Waals surface area contributed by atoms with Gasteiger partial charge in [-0.15, -0.1) is 0 Å². The van der Waals surface area contributed by atoms with Crippen LogP contribution in [0.15, 0.2) is 29.4 Å². The smallest absolute Gasteiger partial charge is 0.279 e. The first-order chi connectivity index (χ1) is 8.77. The predicted molar refractivity (Wildman–Crippen MR) is 68.8 cm³/mol. The molecule has 1 saturated heterocycles. The van der Waals surface area contributed by atoms with Crippen LogP contribution >= 0.6 is 0 Å². The summed E-state index contributed by atoms with van der Waals surface area (Å²) in [5.74, 6) is -0.0392. The van der Waals surface area contributed by atoms with Crippen LogP contribution in [-0.2, 0) is 9.53 Å². The van der Waals surface area contributed by atoms with E-state index in [2.05, 4.69) is 5.10 Å². The van der Waals surface area contributed by atoms with Crippen LogP contribution in [0, 0.1) is 0 Å². The van der Waals surface area contributed by atoms with Gasteiger partial charge in [-0.25, -0.2) is 0 Å². The average Bonchev–Trinajstić information content (AvgIpc) is 2.66. The lowest BCUT2D eigenvalue weighted by molar-refractivity contribution is -0.112. The quantitative estimate of drug-likeness (QED) is 0.731. The summed E-state index contributed by atoms with van der Waals surface area (Å²) in [6.07, 6.45) is 0. The van der Waals surface area contributed by atoms with Crippen molar-refractivity contribution in [3.8, 4) is 0 Å². The molecule has 1 aromatic rings. The van der Waals surface area contributed by atoms with Crippen molar-refractivity contribution in [2.24, 2.45) is 5.10 Å². The zero-order chi connectivity index (χ0) is 12.5. The molecule has 18 heavy (non-hydrogen) atoms. The van der Waals surface area contributed by atoms with Gasteiger partial charge in [0.2, 0.25) is 0 Å². The molecule has 0 N–H and O–H groups in total. The van der Waals surface area contributed by atoms with Gasteiger partial charge in [0.25, 0.3) is 5.91 Å². The Morgan fingerprint density at radius 1 is 1.22 bits per heavy atom. The van der Waals surface area contributed by atoms with Gasteiger partial charge in [-0.1, -0.05) is 18.2 Å². The Kier molecular flexibility index (Phi) is 2.76. The largest absolute Gasteiger partial charge is 0.378 e. The fraction of sp³-hybridized carbons (Fsp3) is 0.385. The molecule has 2 aliphatic rings. The van der Waals surface area contributed by atoms with Crippen molar-refractivity contribution in [1.82, 2.24) is 5.01 Å². The van der Waals surface area contributed by atoms with Gasteiger partial charge in [0.05, 0.1) is 32.0 Å². The summed E-state index contributed by atoms with van der Waals surface area (Å²) in [5, 5.41) is 6.40. The van der Waals surface area contributed by atoms with Crippen LogP contribution in [0.3, 0.4) is 0 Å². The number of carbonyl (C=O) groups is 1. The molecule has 0 spiro atoms. The van der Waals surface area contributed by atoms with E-state index in [4.69, 9.17) is 4.74 Å². The lowest BCUT2D eigenvalue weighted by Crippen LogP contribution is -2.35. The van der Waals surface area contributed by atoms with E-state index in [1.807, 2.05) is 29.3 Å². The minimum Gasteiger partial charge on any atom is -0.378 e. The number of anilines is 1. The maximum atomic E-state index is 12.2. The molecule has 1 fully saturated rings. The molecule has 0 aromatic heterocycles. The Labute approximate surface area is 106 Å². The summed E-state index contributed by atoms with van der Waals surface area (Å²) >= 11 is 0. The molecule has 0 atom stereocenters. The highest BCUT2D eigenvalue weighted by Gasteiger charge is 2.31. The van der Waals surface area contributed by atoms with E-state index in [1.54, 1.807) is 11.9 Å². The molecular formula is C13H15N3O2. The van der Waals surface area contributed by atoms with Crippen molar-refractivity contribution in [3.05, 3.63) is 29.8 Å². The van der Waals surface area contributed by atoms with E-state index >= 15 is 0 Å². The van der Waals surface area contributed by atoms with Crippen molar-refractivity contribution in [3.63, 3.8) is 0 Å². The van der Waals surface area contributed by atoms with Crippen LogP contribution in [-0.4, -0.2) is 50.0 Å². The first-order valence-corrected chi connectivity index (χ1v) is 6.06. The highest BCUT2D eigenvalue weighted by molar-refractivity contribution is 6.54. The number of likely N-dealkylation sites (N-methyl/N-ethyl adjacent to an activating group) is 1. The number of para-hydroxylation sites is 1. The average molecular weight is 245 g/mol. The fourth-order valence-corrected chi connectivity index (χ4v) is 2.24. The van der Waals surface area contributed by atoms with Crippen LogP contribution in [0.1, 0.15) is 5.56 Å². The van der Waals surface area contributed by atoms with E-state index in [9.17, 15) is 4.79 Å². The molecule has 2 heterocycles. The molecule has 1 aromatic carbocycles. The predicted octanol–water partition coefficient (Wildman–Crippen LogP) is 0.699. The molecule has 94 valence electrons. The Bertz CT molecular complexity index is 507. The second-order valence-corrected chi connectivity index (χ2v) is 4.40. The number of carbonyl (C=O) groups excluding carboxylic acids is 1. The summed E-state index contributed by atoms with van der Waals surface area (Å²) < 4.78 is 5.28. The van der Waals surface area contributed by atoms with Crippen molar-refractivity contribution in [2.45, 2.75) is 0 Å². The van der Waals surface area contributed by atoms with Gasteiger partial charge in [0, 0.05) is 12.6 Å². The summed E-state index contributed by atoms with van der Waals surface area (Å²) in [6, 6.07) is 7.74. The zero-order valence-corrected chi connectivity index (χ0v) is 10.3. The van der Waals surface area contributed by atoms with E-state index in [1.165, 1.54) is 0 Å². The number of fused-ring (bicyclic) bond motifs is 1. The number of benzene rings is 1. The molecule has 1 amide bonds. The summed E-state index contributed by atoms with van der Waals surface area (Å²) in [5.41, 5.74) is 2.38.